The molecule has 0 saturated carbocycles. The molecule has 0 fully saturated rings. The van der Waals surface area contributed by atoms with Crippen LogP contribution in [0.2, 0.25) is 0 Å². The second-order valence-electron chi connectivity index (χ2n) is 3.49. The van der Waals surface area contributed by atoms with Crippen LogP contribution in [0.5, 0.6) is 0 Å². The summed E-state index contributed by atoms with van der Waals surface area (Å²) in [7, 11) is 0. The quantitative estimate of drug-likeness (QED) is 0.482. The highest BCUT2D eigenvalue weighted by atomic mass is 19.3. The van der Waals surface area contributed by atoms with Crippen molar-refractivity contribution in [3.8, 4) is 0 Å². The van der Waals surface area contributed by atoms with E-state index in [9.17, 15) is 37.8 Å². The molecule has 6 nitrogen and oxygen atoms in total. The minimum absolute atomic E-state index is 0.189. The van der Waals surface area contributed by atoms with Crippen molar-refractivity contribution in [2.75, 3.05) is 0 Å². The zero-order valence-electron chi connectivity index (χ0n) is 8.98. The summed E-state index contributed by atoms with van der Waals surface area (Å²) >= 11 is 0. The summed E-state index contributed by atoms with van der Waals surface area (Å²) in [5, 5.41) is 20.9. The zero-order chi connectivity index (χ0) is 15.0. The summed E-state index contributed by atoms with van der Waals surface area (Å²) in [5.41, 5.74) is -3.97. The molecule has 1 aromatic rings. The molecule has 0 heterocycles. The van der Waals surface area contributed by atoms with Gasteiger partial charge in [0.2, 0.25) is 0 Å². The number of nitro groups is 2. The van der Waals surface area contributed by atoms with E-state index in [1.807, 2.05) is 6.92 Å². The number of halogens is 4. The number of rotatable bonds is 4. The molecule has 0 unspecified atom stereocenters. The summed E-state index contributed by atoms with van der Waals surface area (Å²) in [4.78, 5) is 18.5. The van der Waals surface area contributed by atoms with E-state index in [0.29, 0.717) is 6.07 Å². The molecule has 103 valence electrons. The summed E-state index contributed by atoms with van der Waals surface area (Å²) in [6.07, 6.45) is 0. The molecular weight excluding hydrogens is 276 g/mol. The first-order valence-corrected chi connectivity index (χ1v) is 4.53. The van der Waals surface area contributed by atoms with Crippen LogP contribution in [0.3, 0.4) is 0 Å². The maximum absolute atomic E-state index is 13.3. The first-order valence-electron chi connectivity index (χ1n) is 4.53. The van der Waals surface area contributed by atoms with E-state index >= 15 is 0 Å². The third-order valence-corrected chi connectivity index (χ3v) is 2.19. The normalized spacial score (nSPS) is 12.3. The molecule has 10 heteroatoms. The smallest absolute Gasteiger partial charge is 0.258 e. The number of non-ortho nitro benzene ring substituents is 1. The molecule has 1 aromatic carbocycles. The second-order valence-corrected chi connectivity index (χ2v) is 3.49. The van der Waals surface area contributed by atoms with Crippen molar-refractivity contribution in [1.82, 2.24) is 0 Å². The number of nitrogens with zero attached hydrogens (tertiary/aromatic N) is 2. The van der Waals surface area contributed by atoms with E-state index < -0.39 is 38.6 Å². The number of hydrogen-bond acceptors (Lipinski definition) is 4. The van der Waals surface area contributed by atoms with Gasteiger partial charge in [0.1, 0.15) is 5.56 Å². The molecule has 0 N–H and O–H groups in total. The van der Waals surface area contributed by atoms with E-state index in [2.05, 4.69) is 0 Å². The standard InChI is InChI=1S/C9H5F4N2O4/c1-8(10,11)9(12,13)6-3-2-5(14(16)17)4-7(6)15(18)19/h2-4H,1H2. The summed E-state index contributed by atoms with van der Waals surface area (Å²) in [5.74, 6) is -9.72. The maximum atomic E-state index is 13.3. The molecule has 0 aromatic heterocycles. The molecule has 1 rings (SSSR count). The Balaban J connectivity index is 3.53. The van der Waals surface area contributed by atoms with Gasteiger partial charge in [0.15, 0.2) is 0 Å². The minimum atomic E-state index is -4.93. The summed E-state index contributed by atoms with van der Waals surface area (Å²) in [6, 6.07) is 0.881. The second kappa shape index (κ2) is 4.44. The molecule has 1 radical (unpaired) electrons. The Labute approximate surface area is 102 Å². The third-order valence-electron chi connectivity index (χ3n) is 2.19. The Morgan fingerprint density at radius 2 is 1.58 bits per heavy atom. The lowest BCUT2D eigenvalue weighted by Crippen LogP contribution is -2.35. The van der Waals surface area contributed by atoms with Gasteiger partial charge in [-0.3, -0.25) is 20.2 Å². The van der Waals surface area contributed by atoms with Crippen LogP contribution in [0.15, 0.2) is 18.2 Å². The molecule has 0 aliphatic rings. The predicted octanol–water partition coefficient (Wildman–Crippen LogP) is 3.06. The lowest BCUT2D eigenvalue weighted by molar-refractivity contribution is -0.396. The van der Waals surface area contributed by atoms with Gasteiger partial charge in [0.05, 0.1) is 15.9 Å². The van der Waals surface area contributed by atoms with E-state index in [1.54, 1.807) is 0 Å². The molecule has 0 atom stereocenters. The molecule has 0 amide bonds. The first kappa shape index (κ1) is 14.8. The average molecular weight is 281 g/mol. The third kappa shape index (κ3) is 2.61. The Hall–Kier alpha value is -2.26. The van der Waals surface area contributed by atoms with Gasteiger partial charge >= 0.3 is 11.8 Å². The minimum Gasteiger partial charge on any atom is -0.258 e. The Bertz CT molecular complexity index is 542. The molecular formula is C9H5F4N2O4. The van der Waals surface area contributed by atoms with E-state index in [0.717, 1.165) is 0 Å². The summed E-state index contributed by atoms with van der Waals surface area (Å²) in [6.45, 7) is 1.94. The fourth-order valence-corrected chi connectivity index (χ4v) is 1.25. The number of nitro benzene ring substituents is 2. The van der Waals surface area contributed by atoms with Gasteiger partial charge in [-0.25, -0.2) is 0 Å². The van der Waals surface area contributed by atoms with Crippen molar-refractivity contribution in [3.05, 3.63) is 50.9 Å². The van der Waals surface area contributed by atoms with Gasteiger partial charge in [-0.1, -0.05) is 0 Å². The molecule has 0 bridgehead atoms. The Morgan fingerprint density at radius 1 is 1.05 bits per heavy atom. The highest BCUT2D eigenvalue weighted by molar-refractivity contribution is 5.51. The zero-order valence-corrected chi connectivity index (χ0v) is 8.98. The van der Waals surface area contributed by atoms with Crippen LogP contribution in [0, 0.1) is 27.2 Å². The van der Waals surface area contributed by atoms with Crippen molar-refractivity contribution in [2.24, 2.45) is 0 Å². The lowest BCUT2D eigenvalue weighted by Gasteiger charge is -2.22. The fourth-order valence-electron chi connectivity index (χ4n) is 1.25. The number of benzene rings is 1. The van der Waals surface area contributed by atoms with Gasteiger partial charge < -0.3 is 0 Å². The largest absolute Gasteiger partial charge is 0.341 e. The van der Waals surface area contributed by atoms with Gasteiger partial charge in [0, 0.05) is 13.0 Å². The molecule has 19 heavy (non-hydrogen) atoms. The predicted molar refractivity (Wildman–Crippen MR) is 53.9 cm³/mol. The average Bonchev–Trinajstić information content (AvgIpc) is 2.26. The lowest BCUT2D eigenvalue weighted by atomic mass is 10.0. The monoisotopic (exact) mass is 281 g/mol. The van der Waals surface area contributed by atoms with Crippen LogP contribution in [-0.2, 0) is 5.92 Å². The van der Waals surface area contributed by atoms with Crippen LogP contribution in [-0.4, -0.2) is 15.8 Å². The highest BCUT2D eigenvalue weighted by Gasteiger charge is 2.56. The molecule has 0 saturated heterocycles. The van der Waals surface area contributed by atoms with Gasteiger partial charge in [-0.2, -0.15) is 17.6 Å². The SMILES string of the molecule is [CH2]C(F)(F)C(F)(F)c1ccc([N+](=O)[O-])cc1[N+](=O)[O-]. The van der Waals surface area contributed by atoms with Gasteiger partial charge in [-0.05, 0) is 6.07 Å². The van der Waals surface area contributed by atoms with E-state index in [4.69, 9.17) is 0 Å². The van der Waals surface area contributed by atoms with Crippen LogP contribution in [0.25, 0.3) is 0 Å². The Kier molecular flexibility index (Phi) is 3.46. The van der Waals surface area contributed by atoms with Crippen molar-refractivity contribution >= 4 is 11.4 Å². The first-order chi connectivity index (χ1) is 8.48. The van der Waals surface area contributed by atoms with Crippen molar-refractivity contribution in [3.63, 3.8) is 0 Å². The molecule has 0 aliphatic heterocycles. The molecule has 0 spiro atoms. The highest BCUT2D eigenvalue weighted by Crippen LogP contribution is 2.46. The van der Waals surface area contributed by atoms with Crippen LogP contribution in [0.1, 0.15) is 5.56 Å². The van der Waals surface area contributed by atoms with Crippen LogP contribution < -0.4 is 0 Å². The van der Waals surface area contributed by atoms with Gasteiger partial charge in [0.25, 0.3) is 11.4 Å². The number of alkyl halides is 4. The van der Waals surface area contributed by atoms with Crippen molar-refractivity contribution in [1.29, 1.82) is 0 Å². The molecule has 0 aliphatic carbocycles. The van der Waals surface area contributed by atoms with E-state index in [1.165, 1.54) is 0 Å². The topological polar surface area (TPSA) is 86.3 Å². The fraction of sp³-hybridized carbons (Fsp3) is 0.222. The maximum Gasteiger partial charge on any atom is 0.341 e. The van der Waals surface area contributed by atoms with Gasteiger partial charge in [-0.15, -0.1) is 0 Å². The summed E-state index contributed by atoms with van der Waals surface area (Å²) < 4.78 is 52.0. The van der Waals surface area contributed by atoms with Crippen molar-refractivity contribution < 1.29 is 27.4 Å². The van der Waals surface area contributed by atoms with Crippen LogP contribution >= 0.6 is 0 Å². The van der Waals surface area contributed by atoms with Crippen molar-refractivity contribution in [2.45, 2.75) is 11.8 Å². The number of hydrogen-bond donors (Lipinski definition) is 0. The van der Waals surface area contributed by atoms with Crippen LogP contribution in [0.4, 0.5) is 28.9 Å². The Morgan fingerprint density at radius 3 is 1.95 bits per heavy atom. The van der Waals surface area contributed by atoms with E-state index in [-0.39, 0.29) is 12.1 Å².